The number of carbonyl (C=O) groups is 1. The van der Waals surface area contributed by atoms with Gasteiger partial charge in [0.1, 0.15) is 23.4 Å². The second kappa shape index (κ2) is 7.58. The number of nitrogens with zero attached hydrogens (tertiary/aromatic N) is 5. The van der Waals surface area contributed by atoms with Gasteiger partial charge < -0.3 is 20.1 Å². The molecule has 1 aliphatic rings. The van der Waals surface area contributed by atoms with Gasteiger partial charge in [-0.15, -0.1) is 0 Å². The number of hydrogen-bond donors (Lipinski definition) is 2. The van der Waals surface area contributed by atoms with Crippen LogP contribution in [0, 0.1) is 0 Å². The summed E-state index contributed by atoms with van der Waals surface area (Å²) in [6.07, 6.45) is 1.61. The molecular weight excluding hydrogens is 374 g/mol. The van der Waals surface area contributed by atoms with E-state index in [2.05, 4.69) is 31.1 Å². The summed E-state index contributed by atoms with van der Waals surface area (Å²) in [7, 11) is 3.14. The first-order valence-electron chi connectivity index (χ1n) is 8.82. The summed E-state index contributed by atoms with van der Waals surface area (Å²) in [5, 5.41) is 17.7. The van der Waals surface area contributed by atoms with Crippen LogP contribution in [0.5, 0.6) is 11.5 Å². The number of benzene rings is 1. The molecule has 10 heteroatoms. The standard InChI is InChI=1S/C19H19N7O3/c1-11-16(18(27)22-15-6-4-5-9-20-15)17(26-19(21-11)23-24-25-26)13-10-12(28-2)7-8-14(13)29-3/h4-10,17H,1-3H3,(H,20,22,27)(H,21,23,25)/t17-/m0/s1. The first kappa shape index (κ1) is 18.4. The largest absolute Gasteiger partial charge is 0.497 e. The fourth-order valence-electron chi connectivity index (χ4n) is 3.27. The van der Waals surface area contributed by atoms with E-state index < -0.39 is 6.04 Å². The fourth-order valence-corrected chi connectivity index (χ4v) is 3.27. The van der Waals surface area contributed by atoms with Gasteiger partial charge in [0, 0.05) is 17.5 Å². The van der Waals surface area contributed by atoms with Crippen LogP contribution in [0.4, 0.5) is 11.8 Å². The van der Waals surface area contributed by atoms with Crippen molar-refractivity contribution in [2.24, 2.45) is 0 Å². The van der Waals surface area contributed by atoms with Gasteiger partial charge >= 0.3 is 0 Å². The summed E-state index contributed by atoms with van der Waals surface area (Å²) < 4.78 is 12.5. The fraction of sp³-hybridized carbons (Fsp3) is 0.211. The Morgan fingerprint density at radius 2 is 2.07 bits per heavy atom. The molecule has 0 unspecified atom stereocenters. The molecular formula is C19H19N7O3. The van der Waals surface area contributed by atoms with Crippen LogP contribution < -0.4 is 20.1 Å². The van der Waals surface area contributed by atoms with Gasteiger partial charge in [0.05, 0.1) is 19.8 Å². The number of amides is 1. The van der Waals surface area contributed by atoms with Gasteiger partial charge in [0.2, 0.25) is 5.95 Å². The number of fused-ring (bicyclic) bond motifs is 1. The first-order valence-corrected chi connectivity index (χ1v) is 8.82. The highest BCUT2D eigenvalue weighted by Gasteiger charge is 2.36. The summed E-state index contributed by atoms with van der Waals surface area (Å²) in [5.41, 5.74) is 1.74. The third-order valence-electron chi connectivity index (χ3n) is 4.60. The Morgan fingerprint density at radius 3 is 2.79 bits per heavy atom. The van der Waals surface area contributed by atoms with E-state index in [9.17, 15) is 4.79 Å². The molecule has 10 nitrogen and oxygen atoms in total. The van der Waals surface area contributed by atoms with Crippen molar-refractivity contribution >= 4 is 17.7 Å². The Morgan fingerprint density at radius 1 is 1.21 bits per heavy atom. The lowest BCUT2D eigenvalue weighted by Gasteiger charge is -2.29. The van der Waals surface area contributed by atoms with E-state index in [1.54, 1.807) is 57.7 Å². The highest BCUT2D eigenvalue weighted by Crippen LogP contribution is 2.40. The molecule has 3 aromatic rings. The lowest BCUT2D eigenvalue weighted by Crippen LogP contribution is -2.32. The maximum Gasteiger partial charge on any atom is 0.257 e. The Labute approximate surface area is 166 Å². The van der Waals surface area contributed by atoms with Crippen LogP contribution in [0.15, 0.2) is 53.9 Å². The van der Waals surface area contributed by atoms with E-state index >= 15 is 0 Å². The van der Waals surface area contributed by atoms with Crippen molar-refractivity contribution in [1.29, 1.82) is 0 Å². The van der Waals surface area contributed by atoms with Crippen molar-refractivity contribution < 1.29 is 14.3 Å². The van der Waals surface area contributed by atoms with Gasteiger partial charge in [0.15, 0.2) is 0 Å². The molecule has 1 atom stereocenters. The van der Waals surface area contributed by atoms with E-state index in [1.165, 1.54) is 4.68 Å². The lowest BCUT2D eigenvalue weighted by molar-refractivity contribution is -0.113. The van der Waals surface area contributed by atoms with Gasteiger partial charge in [-0.25, -0.2) is 4.98 Å². The molecule has 0 fully saturated rings. The molecule has 3 heterocycles. The maximum atomic E-state index is 13.2. The van der Waals surface area contributed by atoms with Crippen molar-refractivity contribution in [3.05, 3.63) is 59.4 Å². The number of hydrogen-bond acceptors (Lipinski definition) is 8. The minimum absolute atomic E-state index is 0.329. The van der Waals surface area contributed by atoms with Crippen LogP contribution in [-0.4, -0.2) is 45.3 Å². The second-order valence-electron chi connectivity index (χ2n) is 6.29. The van der Waals surface area contributed by atoms with E-state index in [4.69, 9.17) is 9.47 Å². The minimum atomic E-state index is -0.630. The van der Waals surface area contributed by atoms with Gasteiger partial charge in [-0.2, -0.15) is 4.68 Å². The van der Waals surface area contributed by atoms with E-state index in [1.807, 2.05) is 6.07 Å². The molecule has 0 saturated carbocycles. The van der Waals surface area contributed by atoms with Gasteiger partial charge in [-0.05, 0) is 47.7 Å². The van der Waals surface area contributed by atoms with Crippen LogP contribution in [0.1, 0.15) is 18.5 Å². The number of methoxy groups -OCH3 is 2. The van der Waals surface area contributed by atoms with Crippen LogP contribution in [0.3, 0.4) is 0 Å². The zero-order chi connectivity index (χ0) is 20.4. The molecule has 0 bridgehead atoms. The Bertz CT molecular complexity index is 1080. The Balaban J connectivity index is 1.84. The summed E-state index contributed by atoms with van der Waals surface area (Å²) >= 11 is 0. The summed E-state index contributed by atoms with van der Waals surface area (Å²) in [6, 6.07) is 10.0. The molecule has 2 N–H and O–H groups in total. The molecule has 0 aliphatic carbocycles. The van der Waals surface area contributed by atoms with Gasteiger partial charge in [-0.3, -0.25) is 4.79 Å². The smallest absolute Gasteiger partial charge is 0.257 e. The Hall–Kier alpha value is -3.95. The van der Waals surface area contributed by atoms with Gasteiger partial charge in [0.25, 0.3) is 5.91 Å². The molecule has 1 aromatic carbocycles. The summed E-state index contributed by atoms with van der Waals surface area (Å²) in [6.45, 7) is 1.80. The average molecular weight is 393 g/mol. The van der Waals surface area contributed by atoms with Crippen LogP contribution >= 0.6 is 0 Å². The van der Waals surface area contributed by atoms with Crippen molar-refractivity contribution in [3.63, 3.8) is 0 Å². The SMILES string of the molecule is COc1ccc(OC)c([C@H]2C(C(=O)Nc3ccccn3)=C(C)Nc3nnnn32)c1. The molecule has 1 amide bonds. The molecule has 148 valence electrons. The first-order chi connectivity index (χ1) is 14.1. The molecule has 0 saturated heterocycles. The van der Waals surface area contributed by atoms with Crippen LogP contribution in [0.2, 0.25) is 0 Å². The third-order valence-corrected chi connectivity index (χ3v) is 4.60. The van der Waals surface area contributed by atoms with Crippen molar-refractivity contribution in [3.8, 4) is 11.5 Å². The zero-order valence-electron chi connectivity index (χ0n) is 16.1. The number of rotatable bonds is 5. The van der Waals surface area contributed by atoms with Gasteiger partial charge in [-0.1, -0.05) is 11.2 Å². The topological polar surface area (TPSA) is 116 Å². The third kappa shape index (κ3) is 3.35. The van der Waals surface area contributed by atoms with E-state index in [0.29, 0.717) is 40.1 Å². The highest BCUT2D eigenvalue weighted by atomic mass is 16.5. The monoisotopic (exact) mass is 393 g/mol. The zero-order valence-corrected chi connectivity index (χ0v) is 16.1. The minimum Gasteiger partial charge on any atom is -0.497 e. The normalized spacial score (nSPS) is 15.3. The number of carbonyl (C=O) groups excluding carboxylic acids is 1. The Kier molecular flexibility index (Phi) is 4.82. The van der Waals surface area contributed by atoms with E-state index in [0.717, 1.165) is 0 Å². The van der Waals surface area contributed by atoms with Crippen molar-refractivity contribution in [2.45, 2.75) is 13.0 Å². The number of ether oxygens (including phenoxy) is 2. The summed E-state index contributed by atoms with van der Waals surface area (Å²) in [4.78, 5) is 17.4. The molecule has 1 aliphatic heterocycles. The number of anilines is 2. The highest BCUT2D eigenvalue weighted by molar-refractivity contribution is 6.05. The summed E-state index contributed by atoms with van der Waals surface area (Å²) in [5.74, 6) is 1.74. The molecule has 4 rings (SSSR count). The number of nitrogens with one attached hydrogen (secondary N) is 2. The maximum absolute atomic E-state index is 13.2. The lowest BCUT2D eigenvalue weighted by atomic mass is 9.94. The molecule has 2 aromatic heterocycles. The number of allylic oxidation sites excluding steroid dienone is 1. The van der Waals surface area contributed by atoms with Crippen molar-refractivity contribution in [2.75, 3.05) is 24.9 Å². The molecule has 0 spiro atoms. The average Bonchev–Trinajstić information content (AvgIpc) is 3.20. The quantitative estimate of drug-likeness (QED) is 0.676. The van der Waals surface area contributed by atoms with E-state index in [-0.39, 0.29) is 5.91 Å². The molecule has 0 radical (unpaired) electrons. The van der Waals surface area contributed by atoms with Crippen LogP contribution in [0.25, 0.3) is 0 Å². The second-order valence-corrected chi connectivity index (χ2v) is 6.29. The number of pyridine rings is 1. The van der Waals surface area contributed by atoms with Crippen LogP contribution in [-0.2, 0) is 4.79 Å². The predicted molar refractivity (Wildman–Crippen MR) is 105 cm³/mol. The van der Waals surface area contributed by atoms with Crippen molar-refractivity contribution in [1.82, 2.24) is 25.2 Å². The molecule has 29 heavy (non-hydrogen) atoms. The predicted octanol–water partition coefficient (Wildman–Crippen LogP) is 2.01. The number of tetrazole rings is 1. The number of aromatic nitrogens is 5.